The van der Waals surface area contributed by atoms with E-state index < -0.39 is 0 Å². The van der Waals surface area contributed by atoms with Crippen LogP contribution >= 0.6 is 11.3 Å². The molecule has 1 saturated heterocycles. The van der Waals surface area contributed by atoms with Gasteiger partial charge in [-0.05, 0) is 30.7 Å². The Morgan fingerprint density at radius 1 is 1.28 bits per heavy atom. The van der Waals surface area contributed by atoms with E-state index in [9.17, 15) is 0 Å². The zero-order valence-electron chi connectivity index (χ0n) is 14.7. The van der Waals surface area contributed by atoms with E-state index in [1.165, 1.54) is 15.8 Å². The molecule has 25 heavy (non-hydrogen) atoms. The first-order valence-electron chi connectivity index (χ1n) is 8.68. The van der Waals surface area contributed by atoms with Crippen LogP contribution < -0.4 is 10.1 Å². The molecule has 1 atom stereocenters. The van der Waals surface area contributed by atoms with Crippen LogP contribution in [0.2, 0.25) is 0 Å². The summed E-state index contributed by atoms with van der Waals surface area (Å²) in [5.74, 6) is 0.967. The molecular weight excluding hydrogens is 330 g/mol. The van der Waals surface area contributed by atoms with Gasteiger partial charge in [-0.3, -0.25) is 4.90 Å². The third kappa shape index (κ3) is 3.40. The van der Waals surface area contributed by atoms with Crippen LogP contribution in [0.15, 0.2) is 42.5 Å². The van der Waals surface area contributed by atoms with Gasteiger partial charge in [0.05, 0.1) is 28.4 Å². The van der Waals surface area contributed by atoms with E-state index in [4.69, 9.17) is 4.74 Å². The molecule has 1 aromatic heterocycles. The number of nitrogens with zero attached hydrogens (tertiary/aromatic N) is 2. The first-order chi connectivity index (χ1) is 12.2. The Hall–Kier alpha value is -1.95. The fourth-order valence-corrected chi connectivity index (χ4v) is 4.49. The van der Waals surface area contributed by atoms with Gasteiger partial charge < -0.3 is 10.1 Å². The number of rotatable bonds is 4. The van der Waals surface area contributed by atoms with E-state index in [0.29, 0.717) is 6.04 Å². The average Bonchev–Trinajstić information content (AvgIpc) is 3.01. The molecule has 1 unspecified atom stereocenters. The van der Waals surface area contributed by atoms with Crippen LogP contribution in [0, 0.1) is 6.92 Å². The predicted octanol–water partition coefficient (Wildman–Crippen LogP) is 3.76. The maximum atomic E-state index is 5.60. The van der Waals surface area contributed by atoms with Crippen molar-refractivity contribution in [1.29, 1.82) is 0 Å². The number of benzene rings is 2. The summed E-state index contributed by atoms with van der Waals surface area (Å²) in [7, 11) is 1.75. The zero-order chi connectivity index (χ0) is 17.2. The van der Waals surface area contributed by atoms with Gasteiger partial charge in [0.2, 0.25) is 0 Å². The average molecular weight is 353 g/mol. The SMILES string of the molecule is COc1ccccc1C1CNCCN1Cc1ccc2nc(C)sc2c1. The smallest absolute Gasteiger partial charge is 0.123 e. The standard InChI is InChI=1S/C20H23N3OS/c1-14-22-17-8-7-15(11-20(17)25-14)13-23-10-9-21-12-18(23)16-5-3-4-6-19(16)24-2/h3-8,11,18,21H,9-10,12-13H2,1-2H3. The molecule has 0 aliphatic carbocycles. The molecule has 0 amide bonds. The van der Waals surface area contributed by atoms with Crippen molar-refractivity contribution in [2.75, 3.05) is 26.7 Å². The number of ether oxygens (including phenoxy) is 1. The molecule has 2 heterocycles. The zero-order valence-corrected chi connectivity index (χ0v) is 15.5. The van der Waals surface area contributed by atoms with Crippen LogP contribution in [-0.4, -0.2) is 36.6 Å². The van der Waals surface area contributed by atoms with Crippen LogP contribution in [0.5, 0.6) is 5.75 Å². The van der Waals surface area contributed by atoms with Gasteiger partial charge in [0.25, 0.3) is 0 Å². The largest absolute Gasteiger partial charge is 0.496 e. The highest BCUT2D eigenvalue weighted by Crippen LogP contribution is 2.32. The molecule has 0 bridgehead atoms. The summed E-state index contributed by atoms with van der Waals surface area (Å²) in [4.78, 5) is 7.11. The first kappa shape index (κ1) is 16.5. The van der Waals surface area contributed by atoms with Gasteiger partial charge in [-0.1, -0.05) is 24.3 Å². The molecule has 1 fully saturated rings. The number of hydrogen-bond acceptors (Lipinski definition) is 5. The lowest BCUT2D eigenvalue weighted by atomic mass is 10.0. The topological polar surface area (TPSA) is 37.4 Å². The van der Waals surface area contributed by atoms with Crippen LogP contribution in [0.4, 0.5) is 0 Å². The second-order valence-corrected chi connectivity index (χ2v) is 7.70. The Kier molecular flexibility index (Phi) is 4.70. The lowest BCUT2D eigenvalue weighted by Crippen LogP contribution is -2.45. The summed E-state index contributed by atoms with van der Waals surface area (Å²) in [5.41, 5.74) is 3.71. The molecule has 0 radical (unpaired) electrons. The maximum Gasteiger partial charge on any atom is 0.123 e. The summed E-state index contributed by atoms with van der Waals surface area (Å²) in [6, 6.07) is 15.3. The van der Waals surface area contributed by atoms with Crippen LogP contribution in [0.1, 0.15) is 22.2 Å². The van der Waals surface area contributed by atoms with Crippen LogP contribution in [0.3, 0.4) is 0 Å². The second-order valence-electron chi connectivity index (χ2n) is 6.47. The van der Waals surface area contributed by atoms with Gasteiger partial charge >= 0.3 is 0 Å². The number of aryl methyl sites for hydroxylation is 1. The van der Waals surface area contributed by atoms with E-state index in [1.54, 1.807) is 18.4 Å². The van der Waals surface area contributed by atoms with E-state index >= 15 is 0 Å². The molecule has 4 rings (SSSR count). The third-order valence-electron chi connectivity index (χ3n) is 4.80. The Balaban J connectivity index is 1.62. The number of para-hydroxylation sites is 1. The van der Waals surface area contributed by atoms with Crippen molar-refractivity contribution < 1.29 is 4.74 Å². The maximum absolute atomic E-state index is 5.60. The predicted molar refractivity (Wildman–Crippen MR) is 103 cm³/mol. The number of aromatic nitrogens is 1. The highest BCUT2D eigenvalue weighted by atomic mass is 32.1. The van der Waals surface area contributed by atoms with Gasteiger partial charge in [-0.15, -0.1) is 11.3 Å². The number of piperazine rings is 1. The van der Waals surface area contributed by atoms with Gasteiger partial charge in [0.1, 0.15) is 5.75 Å². The molecule has 1 aliphatic heterocycles. The fraction of sp³-hybridized carbons (Fsp3) is 0.350. The number of thiazole rings is 1. The lowest BCUT2D eigenvalue weighted by molar-refractivity contribution is 0.151. The summed E-state index contributed by atoms with van der Waals surface area (Å²) < 4.78 is 6.87. The van der Waals surface area contributed by atoms with Crippen molar-refractivity contribution in [3.63, 3.8) is 0 Å². The number of hydrogen-bond donors (Lipinski definition) is 1. The summed E-state index contributed by atoms with van der Waals surface area (Å²) in [6.07, 6.45) is 0. The molecule has 2 aromatic carbocycles. The lowest BCUT2D eigenvalue weighted by Gasteiger charge is -2.37. The molecule has 3 aromatic rings. The van der Waals surface area contributed by atoms with Crippen molar-refractivity contribution in [2.24, 2.45) is 0 Å². The Morgan fingerprint density at radius 2 is 2.16 bits per heavy atom. The van der Waals surface area contributed by atoms with Crippen molar-refractivity contribution in [1.82, 2.24) is 15.2 Å². The second kappa shape index (κ2) is 7.12. The van der Waals surface area contributed by atoms with Crippen LogP contribution in [0.25, 0.3) is 10.2 Å². The quantitative estimate of drug-likeness (QED) is 0.775. The number of methoxy groups -OCH3 is 1. The molecule has 4 nitrogen and oxygen atoms in total. The molecule has 0 spiro atoms. The Morgan fingerprint density at radius 3 is 3.04 bits per heavy atom. The summed E-state index contributed by atoms with van der Waals surface area (Å²) >= 11 is 1.77. The minimum absolute atomic E-state index is 0.323. The molecule has 1 aliphatic rings. The van der Waals surface area contributed by atoms with Gasteiger partial charge in [-0.25, -0.2) is 4.98 Å². The van der Waals surface area contributed by atoms with Gasteiger partial charge in [-0.2, -0.15) is 0 Å². The van der Waals surface area contributed by atoms with Crippen molar-refractivity contribution >= 4 is 21.6 Å². The summed E-state index contributed by atoms with van der Waals surface area (Å²) in [6.45, 7) is 6.01. The highest BCUT2D eigenvalue weighted by molar-refractivity contribution is 7.18. The van der Waals surface area contributed by atoms with Gasteiger partial charge in [0, 0.05) is 31.7 Å². The monoisotopic (exact) mass is 353 g/mol. The van der Waals surface area contributed by atoms with Crippen molar-refractivity contribution in [3.8, 4) is 5.75 Å². The van der Waals surface area contributed by atoms with E-state index in [-0.39, 0.29) is 0 Å². The number of fused-ring (bicyclic) bond motifs is 1. The minimum atomic E-state index is 0.323. The molecule has 130 valence electrons. The van der Waals surface area contributed by atoms with E-state index in [1.807, 2.05) is 12.1 Å². The molecule has 0 saturated carbocycles. The Bertz CT molecular complexity index is 876. The molecule has 1 N–H and O–H groups in total. The highest BCUT2D eigenvalue weighted by Gasteiger charge is 2.26. The van der Waals surface area contributed by atoms with Crippen molar-refractivity contribution in [3.05, 3.63) is 58.6 Å². The first-order valence-corrected chi connectivity index (χ1v) is 9.50. The van der Waals surface area contributed by atoms with Gasteiger partial charge in [0.15, 0.2) is 0 Å². The van der Waals surface area contributed by atoms with Crippen LogP contribution in [-0.2, 0) is 6.54 Å². The molecular formula is C20H23N3OS. The summed E-state index contributed by atoms with van der Waals surface area (Å²) in [5, 5.41) is 4.65. The Labute approximate surface area is 152 Å². The normalized spacial score (nSPS) is 18.6. The third-order valence-corrected chi connectivity index (χ3v) is 5.73. The van der Waals surface area contributed by atoms with Crippen molar-refractivity contribution in [2.45, 2.75) is 19.5 Å². The fourth-order valence-electron chi connectivity index (χ4n) is 3.60. The van der Waals surface area contributed by atoms with E-state index in [2.05, 4.69) is 52.5 Å². The number of nitrogens with one attached hydrogen (secondary N) is 1. The minimum Gasteiger partial charge on any atom is -0.496 e. The molecule has 5 heteroatoms. The van der Waals surface area contributed by atoms with E-state index in [0.717, 1.165) is 42.5 Å².